The van der Waals surface area contributed by atoms with E-state index in [1.54, 1.807) is 0 Å². The lowest BCUT2D eigenvalue weighted by Crippen LogP contribution is -2.38. The van der Waals surface area contributed by atoms with E-state index >= 15 is 0 Å². The molecule has 0 bridgehead atoms. The van der Waals surface area contributed by atoms with E-state index in [1.165, 1.54) is 5.56 Å². The van der Waals surface area contributed by atoms with Crippen LogP contribution in [0.1, 0.15) is 11.3 Å². The molecule has 0 aliphatic carbocycles. The molecular weight excluding hydrogens is 336 g/mol. The molecule has 6 heteroatoms. The number of hydrogen-bond acceptors (Lipinski definition) is 3. The minimum absolute atomic E-state index is 0. The van der Waals surface area contributed by atoms with Crippen LogP contribution in [-0.2, 0) is 17.6 Å². The minimum Gasteiger partial charge on any atom is -0.341 e. The summed E-state index contributed by atoms with van der Waals surface area (Å²) in [5, 5.41) is 8.24. The molecule has 25 heavy (non-hydrogen) atoms. The maximum Gasteiger partial charge on any atom is 0.228 e. The summed E-state index contributed by atoms with van der Waals surface area (Å²) >= 11 is 0. The Morgan fingerprint density at radius 1 is 1.04 bits per heavy atom. The van der Waals surface area contributed by atoms with Gasteiger partial charge in [-0.1, -0.05) is 48.5 Å². The van der Waals surface area contributed by atoms with E-state index in [4.69, 9.17) is 5.73 Å². The first-order valence-electron chi connectivity index (χ1n) is 8.21. The molecular formula is C19H23ClN4O. The number of para-hydroxylation sites is 1. The van der Waals surface area contributed by atoms with Crippen LogP contribution in [-0.4, -0.2) is 40.6 Å². The molecule has 3 N–H and O–H groups in total. The molecule has 0 saturated heterocycles. The van der Waals surface area contributed by atoms with Gasteiger partial charge in [0, 0.05) is 25.0 Å². The monoisotopic (exact) mass is 358 g/mol. The molecule has 0 spiro atoms. The number of amides is 1. The molecule has 3 aromatic rings. The number of halogens is 1. The zero-order chi connectivity index (χ0) is 16.8. The molecule has 0 aliphatic heterocycles. The first kappa shape index (κ1) is 19.0. The Morgan fingerprint density at radius 3 is 2.52 bits per heavy atom. The van der Waals surface area contributed by atoms with Crippen molar-refractivity contribution in [2.75, 3.05) is 19.6 Å². The summed E-state index contributed by atoms with van der Waals surface area (Å²) in [7, 11) is 0. The molecule has 0 radical (unpaired) electrons. The number of rotatable bonds is 7. The van der Waals surface area contributed by atoms with E-state index in [2.05, 4.69) is 22.3 Å². The maximum atomic E-state index is 12.7. The summed E-state index contributed by atoms with van der Waals surface area (Å²) in [5.74, 6) is 0.0748. The van der Waals surface area contributed by atoms with Crippen molar-refractivity contribution in [3.8, 4) is 0 Å². The molecule has 132 valence electrons. The number of nitrogens with two attached hydrogens (primary N) is 1. The van der Waals surface area contributed by atoms with Gasteiger partial charge in [0.05, 0.1) is 17.6 Å². The molecule has 0 aliphatic rings. The van der Waals surface area contributed by atoms with E-state index in [1.807, 2.05) is 47.4 Å². The summed E-state index contributed by atoms with van der Waals surface area (Å²) in [6, 6.07) is 18.0. The highest BCUT2D eigenvalue weighted by atomic mass is 35.5. The van der Waals surface area contributed by atoms with Crippen molar-refractivity contribution in [2.24, 2.45) is 5.73 Å². The van der Waals surface area contributed by atoms with Crippen LogP contribution < -0.4 is 5.73 Å². The van der Waals surface area contributed by atoms with Crippen molar-refractivity contribution in [1.82, 2.24) is 15.1 Å². The van der Waals surface area contributed by atoms with Gasteiger partial charge < -0.3 is 10.6 Å². The van der Waals surface area contributed by atoms with Crippen LogP contribution in [0.25, 0.3) is 10.9 Å². The van der Waals surface area contributed by atoms with Gasteiger partial charge in [0.1, 0.15) is 0 Å². The Kier molecular flexibility index (Phi) is 6.98. The number of carbonyl (C=O) groups is 1. The number of aromatic amines is 1. The number of nitrogens with zero attached hydrogens (tertiary/aromatic N) is 2. The van der Waals surface area contributed by atoms with Gasteiger partial charge >= 0.3 is 0 Å². The van der Waals surface area contributed by atoms with E-state index in [9.17, 15) is 4.79 Å². The topological polar surface area (TPSA) is 75.0 Å². The van der Waals surface area contributed by atoms with Crippen molar-refractivity contribution < 1.29 is 4.79 Å². The van der Waals surface area contributed by atoms with Crippen molar-refractivity contribution >= 4 is 29.2 Å². The number of fused-ring (bicyclic) bond motifs is 1. The quantitative estimate of drug-likeness (QED) is 0.681. The van der Waals surface area contributed by atoms with Crippen LogP contribution in [0.4, 0.5) is 0 Å². The normalized spacial score (nSPS) is 10.4. The van der Waals surface area contributed by atoms with Gasteiger partial charge in [0.25, 0.3) is 0 Å². The lowest BCUT2D eigenvalue weighted by molar-refractivity contribution is -0.130. The standard InChI is InChI=1S/C19H22N4O.ClH/c20-11-13-23(12-10-15-6-2-1-3-7-15)19(24)14-18-16-8-4-5-9-17(16)21-22-18;/h1-9H,10-14,20H2,(H,21,22);1H. The van der Waals surface area contributed by atoms with Gasteiger partial charge in [-0.3, -0.25) is 9.89 Å². The van der Waals surface area contributed by atoms with Crippen molar-refractivity contribution in [1.29, 1.82) is 0 Å². The fourth-order valence-corrected chi connectivity index (χ4v) is 2.84. The number of hydrogen-bond donors (Lipinski definition) is 2. The summed E-state index contributed by atoms with van der Waals surface area (Å²) < 4.78 is 0. The highest BCUT2D eigenvalue weighted by molar-refractivity contribution is 5.87. The van der Waals surface area contributed by atoms with Crippen LogP contribution in [0.15, 0.2) is 54.6 Å². The number of carbonyl (C=O) groups excluding carboxylic acids is 1. The lowest BCUT2D eigenvalue weighted by atomic mass is 10.1. The zero-order valence-electron chi connectivity index (χ0n) is 14.0. The summed E-state index contributed by atoms with van der Waals surface area (Å²) in [5.41, 5.74) is 8.65. The SMILES string of the molecule is Cl.NCCN(CCc1ccccc1)C(=O)Cc1[nH]nc2ccccc12. The average Bonchev–Trinajstić information content (AvgIpc) is 3.02. The van der Waals surface area contributed by atoms with E-state index in [-0.39, 0.29) is 18.3 Å². The van der Waals surface area contributed by atoms with Crippen LogP contribution >= 0.6 is 12.4 Å². The summed E-state index contributed by atoms with van der Waals surface area (Å²) in [6.45, 7) is 1.70. The molecule has 0 saturated carbocycles. The second-order valence-corrected chi connectivity index (χ2v) is 5.80. The summed E-state index contributed by atoms with van der Waals surface area (Å²) in [6.07, 6.45) is 1.14. The van der Waals surface area contributed by atoms with Gasteiger partial charge in [0.15, 0.2) is 0 Å². The Hall–Kier alpha value is -2.37. The molecule has 1 amide bonds. The minimum atomic E-state index is 0. The Labute approximate surface area is 153 Å². The Balaban J connectivity index is 0.00000225. The third-order valence-corrected chi connectivity index (χ3v) is 4.13. The van der Waals surface area contributed by atoms with Crippen LogP contribution in [0, 0.1) is 0 Å². The van der Waals surface area contributed by atoms with Crippen LogP contribution in [0.5, 0.6) is 0 Å². The molecule has 0 fully saturated rings. The summed E-state index contributed by atoms with van der Waals surface area (Å²) in [4.78, 5) is 14.5. The van der Waals surface area contributed by atoms with E-state index in [0.717, 1.165) is 23.0 Å². The zero-order valence-corrected chi connectivity index (χ0v) is 14.8. The highest BCUT2D eigenvalue weighted by Gasteiger charge is 2.16. The first-order valence-corrected chi connectivity index (χ1v) is 8.21. The lowest BCUT2D eigenvalue weighted by Gasteiger charge is -2.22. The third-order valence-electron chi connectivity index (χ3n) is 4.13. The fourth-order valence-electron chi connectivity index (χ4n) is 2.84. The van der Waals surface area contributed by atoms with E-state index in [0.29, 0.717) is 26.1 Å². The molecule has 3 rings (SSSR count). The van der Waals surface area contributed by atoms with Gasteiger partial charge in [0.2, 0.25) is 5.91 Å². The van der Waals surface area contributed by atoms with Crippen LogP contribution in [0.3, 0.4) is 0 Å². The Morgan fingerprint density at radius 2 is 1.76 bits per heavy atom. The number of H-pyrrole nitrogens is 1. The predicted molar refractivity (Wildman–Crippen MR) is 103 cm³/mol. The fraction of sp³-hybridized carbons (Fsp3) is 0.263. The number of aromatic nitrogens is 2. The van der Waals surface area contributed by atoms with Crippen molar-refractivity contribution in [3.63, 3.8) is 0 Å². The molecule has 0 unspecified atom stereocenters. The largest absolute Gasteiger partial charge is 0.341 e. The predicted octanol–water partition coefficient (Wildman–Crippen LogP) is 2.56. The third kappa shape index (κ3) is 4.81. The van der Waals surface area contributed by atoms with E-state index < -0.39 is 0 Å². The molecule has 1 heterocycles. The van der Waals surface area contributed by atoms with Gasteiger partial charge in [-0.15, -0.1) is 12.4 Å². The van der Waals surface area contributed by atoms with Crippen molar-refractivity contribution in [3.05, 3.63) is 65.9 Å². The van der Waals surface area contributed by atoms with Crippen LogP contribution in [0.2, 0.25) is 0 Å². The second-order valence-electron chi connectivity index (χ2n) is 5.80. The molecule has 0 atom stereocenters. The molecule has 5 nitrogen and oxygen atoms in total. The van der Waals surface area contributed by atoms with Gasteiger partial charge in [-0.2, -0.15) is 5.10 Å². The second kappa shape index (κ2) is 9.20. The molecule has 1 aromatic heterocycles. The number of nitrogens with one attached hydrogen (secondary N) is 1. The Bertz CT molecular complexity index is 803. The highest BCUT2D eigenvalue weighted by Crippen LogP contribution is 2.16. The molecule has 2 aromatic carbocycles. The van der Waals surface area contributed by atoms with Crippen molar-refractivity contribution in [2.45, 2.75) is 12.8 Å². The van der Waals surface area contributed by atoms with Gasteiger partial charge in [-0.05, 0) is 18.1 Å². The smallest absolute Gasteiger partial charge is 0.228 e. The number of benzene rings is 2. The average molecular weight is 359 g/mol. The van der Waals surface area contributed by atoms with Gasteiger partial charge in [-0.25, -0.2) is 0 Å². The first-order chi connectivity index (χ1) is 11.8. The maximum absolute atomic E-state index is 12.7.